The molecule has 32 heavy (non-hydrogen) atoms. The second-order valence-corrected chi connectivity index (χ2v) is 7.36. The van der Waals surface area contributed by atoms with Crippen molar-refractivity contribution in [3.05, 3.63) is 127 Å². The number of hydrogen-bond donors (Lipinski definition) is 1. The Morgan fingerprint density at radius 3 is 1.16 bits per heavy atom. The summed E-state index contributed by atoms with van der Waals surface area (Å²) in [7, 11) is 0. The van der Waals surface area contributed by atoms with Gasteiger partial charge in [0, 0.05) is 19.7 Å². The molecule has 0 saturated heterocycles. The second-order valence-electron chi connectivity index (χ2n) is 7.36. The fourth-order valence-corrected chi connectivity index (χ4v) is 3.21. The monoisotopic (exact) mass is 513 g/mol. The first-order chi connectivity index (χ1) is 14.9. The standard InChI is InChI=1S/C18H25NO.2C5H5.2Fe/c20-14-8-2-1-7-13-19(15-17-9-3-4-10-17)16-18-11-5-6-12-18;2*1-2-4-5-3-1;;/h3-6,9-12,20H,1-2,7-8,13-16H2;2*1-5H;;/q;;;2*+2. The van der Waals surface area contributed by atoms with Crippen LogP contribution in [0.4, 0.5) is 0 Å². The zero-order chi connectivity index (χ0) is 21.1. The second kappa shape index (κ2) is 23.7. The maximum absolute atomic E-state index is 8.81. The van der Waals surface area contributed by atoms with Gasteiger partial charge in [-0.2, -0.15) is 0 Å². The molecule has 0 aromatic heterocycles. The fraction of sp³-hybridized carbons (Fsp3) is 0.286. The Balaban J connectivity index is 0.000000657. The Kier molecular flexibility index (Phi) is 24.4. The molecule has 20 radical (unpaired) electrons. The zero-order valence-electron chi connectivity index (χ0n) is 18.7. The van der Waals surface area contributed by atoms with Gasteiger partial charge in [-0.05, 0) is 147 Å². The third-order valence-electron chi connectivity index (χ3n) is 4.77. The van der Waals surface area contributed by atoms with E-state index in [9.17, 15) is 0 Å². The number of nitrogens with zero attached hydrogens (tertiary/aromatic N) is 1. The summed E-state index contributed by atoms with van der Waals surface area (Å²) < 4.78 is 0. The van der Waals surface area contributed by atoms with E-state index >= 15 is 0 Å². The van der Waals surface area contributed by atoms with Crippen molar-refractivity contribution < 1.29 is 39.2 Å². The van der Waals surface area contributed by atoms with E-state index in [1.54, 1.807) is 0 Å². The third-order valence-corrected chi connectivity index (χ3v) is 4.77. The van der Waals surface area contributed by atoms with Gasteiger partial charge in [0.05, 0.1) is 0 Å². The molecule has 0 aliphatic heterocycles. The number of hydrogen-bond acceptors (Lipinski definition) is 2. The van der Waals surface area contributed by atoms with Crippen molar-refractivity contribution in [1.82, 2.24) is 4.90 Å². The average molecular weight is 513 g/mol. The molecular weight excluding hydrogens is 478 g/mol. The molecule has 0 atom stereocenters. The van der Waals surface area contributed by atoms with E-state index in [0.29, 0.717) is 6.61 Å². The normalized spacial score (nSPS) is 20.8. The maximum Gasteiger partial charge on any atom is 2.00 e. The van der Waals surface area contributed by atoms with Gasteiger partial charge >= 0.3 is 34.1 Å². The molecule has 2 nitrogen and oxygen atoms in total. The largest absolute Gasteiger partial charge is 2.00 e. The van der Waals surface area contributed by atoms with Gasteiger partial charge in [0.25, 0.3) is 0 Å². The van der Waals surface area contributed by atoms with Crippen molar-refractivity contribution in [2.45, 2.75) is 25.7 Å². The molecule has 0 unspecified atom stereocenters. The van der Waals surface area contributed by atoms with Gasteiger partial charge in [0.1, 0.15) is 0 Å². The summed E-state index contributed by atoms with van der Waals surface area (Å²) in [5, 5.41) is 8.81. The summed E-state index contributed by atoms with van der Waals surface area (Å²) in [4.78, 5) is 2.52. The zero-order valence-corrected chi connectivity index (χ0v) is 20.9. The van der Waals surface area contributed by atoms with Crippen LogP contribution in [0, 0.1) is 127 Å². The van der Waals surface area contributed by atoms with Gasteiger partial charge in [-0.3, -0.25) is 0 Å². The first-order valence-electron chi connectivity index (χ1n) is 11.0. The van der Waals surface area contributed by atoms with Crippen molar-refractivity contribution in [3.63, 3.8) is 0 Å². The molecule has 4 aliphatic rings. The Morgan fingerprint density at radius 2 is 0.812 bits per heavy atom. The molecule has 0 heterocycles. The molecule has 0 aromatic carbocycles. The molecule has 0 bridgehead atoms. The number of rotatable bonds is 10. The van der Waals surface area contributed by atoms with Gasteiger partial charge in [-0.15, -0.1) is 0 Å². The van der Waals surface area contributed by atoms with Crippen LogP contribution < -0.4 is 0 Å². The van der Waals surface area contributed by atoms with Crippen molar-refractivity contribution in [2.75, 3.05) is 26.2 Å². The van der Waals surface area contributed by atoms with E-state index in [0.717, 1.165) is 32.5 Å². The summed E-state index contributed by atoms with van der Waals surface area (Å²) in [5.41, 5.74) is 0. The molecule has 4 rings (SSSR count). The van der Waals surface area contributed by atoms with Crippen LogP contribution in [0.3, 0.4) is 0 Å². The Morgan fingerprint density at radius 1 is 0.469 bits per heavy atom. The Labute approximate surface area is 222 Å². The van der Waals surface area contributed by atoms with Crippen molar-refractivity contribution in [3.8, 4) is 0 Å². The van der Waals surface area contributed by atoms with E-state index < -0.39 is 0 Å². The summed E-state index contributed by atoms with van der Waals surface area (Å²) in [6.07, 6.45) is 41.7. The quantitative estimate of drug-likeness (QED) is 0.339. The molecule has 0 aromatic rings. The topological polar surface area (TPSA) is 23.5 Å². The van der Waals surface area contributed by atoms with Crippen molar-refractivity contribution in [2.24, 2.45) is 0 Å². The summed E-state index contributed by atoms with van der Waals surface area (Å²) >= 11 is 0. The molecule has 4 aliphatic carbocycles. The molecule has 0 amide bonds. The minimum Gasteiger partial charge on any atom is -0.396 e. The van der Waals surface area contributed by atoms with Gasteiger partial charge in [-0.25, -0.2) is 0 Å². The first-order valence-corrected chi connectivity index (χ1v) is 11.0. The predicted molar refractivity (Wildman–Crippen MR) is 126 cm³/mol. The van der Waals surface area contributed by atoms with Gasteiger partial charge < -0.3 is 10.0 Å². The van der Waals surface area contributed by atoms with Crippen LogP contribution in [0.25, 0.3) is 0 Å². The summed E-state index contributed by atoms with van der Waals surface area (Å²) in [6, 6.07) is 0. The molecule has 1 N–H and O–H groups in total. The van der Waals surface area contributed by atoms with Crippen molar-refractivity contribution >= 4 is 0 Å². The number of unbranched alkanes of at least 4 members (excludes halogenated alkanes) is 3. The number of aliphatic hydroxyl groups excluding tert-OH is 1. The molecule has 170 valence electrons. The molecular formula is C28H35Fe2NO+4. The van der Waals surface area contributed by atoms with Gasteiger partial charge in [0.2, 0.25) is 0 Å². The van der Waals surface area contributed by atoms with Gasteiger partial charge in [-0.1, -0.05) is 12.8 Å². The van der Waals surface area contributed by atoms with E-state index in [4.69, 9.17) is 5.11 Å². The van der Waals surface area contributed by atoms with Gasteiger partial charge in [0.15, 0.2) is 0 Å². The first kappa shape index (κ1) is 33.0. The minimum atomic E-state index is 0. The summed E-state index contributed by atoms with van der Waals surface area (Å²) in [6.45, 7) is 3.50. The Bertz CT molecular complexity index is 319. The molecule has 0 spiro atoms. The SMILES string of the molecule is OCCCCCCN(C[C]1[CH][CH][CH][CH]1)C[C]1[CH][CH][CH][CH]1.[CH]1[CH][CH][CH][CH]1.[CH]1[CH][CH][CH][CH]1.[Fe+2].[Fe+2]. The average Bonchev–Trinajstić information content (AvgIpc) is 3.58. The van der Waals surface area contributed by atoms with Crippen LogP contribution in [-0.4, -0.2) is 36.2 Å². The van der Waals surface area contributed by atoms with E-state index in [1.807, 2.05) is 64.2 Å². The van der Waals surface area contributed by atoms with E-state index in [2.05, 4.69) is 56.3 Å². The minimum absolute atomic E-state index is 0. The van der Waals surface area contributed by atoms with Crippen LogP contribution in [0.2, 0.25) is 0 Å². The maximum atomic E-state index is 8.81. The molecule has 4 fully saturated rings. The van der Waals surface area contributed by atoms with Crippen LogP contribution in [0.15, 0.2) is 0 Å². The fourth-order valence-electron chi connectivity index (χ4n) is 3.21. The van der Waals surface area contributed by atoms with Crippen LogP contribution >= 0.6 is 0 Å². The predicted octanol–water partition coefficient (Wildman–Crippen LogP) is 4.69. The van der Waals surface area contributed by atoms with E-state index in [1.165, 1.54) is 24.7 Å². The van der Waals surface area contributed by atoms with Crippen molar-refractivity contribution in [1.29, 1.82) is 0 Å². The van der Waals surface area contributed by atoms with Crippen LogP contribution in [-0.2, 0) is 34.1 Å². The Hall–Kier alpha value is 0.959. The third kappa shape index (κ3) is 17.4. The van der Waals surface area contributed by atoms with Crippen LogP contribution in [0.1, 0.15) is 25.7 Å². The smallest absolute Gasteiger partial charge is 0.396 e. The van der Waals surface area contributed by atoms with Crippen LogP contribution in [0.5, 0.6) is 0 Å². The number of aliphatic hydroxyl groups is 1. The van der Waals surface area contributed by atoms with E-state index in [-0.39, 0.29) is 34.1 Å². The summed E-state index contributed by atoms with van der Waals surface area (Å²) in [5.74, 6) is 2.79. The molecule has 4 saturated carbocycles. The molecule has 4 heteroatoms.